The lowest BCUT2D eigenvalue weighted by molar-refractivity contribution is 0.0953. The summed E-state index contributed by atoms with van der Waals surface area (Å²) in [7, 11) is -3.50. The zero-order chi connectivity index (χ0) is 34.7. The van der Waals surface area contributed by atoms with Gasteiger partial charge in [-0.2, -0.15) is 4.31 Å². The second-order valence-corrected chi connectivity index (χ2v) is 15.1. The first-order valence-electron chi connectivity index (χ1n) is 17.3. The SMILES string of the molecule is Cc1ccc(C(=O)NCCCc2ccc(S(=O)(=O)N3CCCCC3C)cc2)c(-n2cc(Cn3c(-c4ccccc4)cc4ccccc43)nn2)c1. The zero-order valence-electron chi connectivity index (χ0n) is 28.5. The topological polar surface area (TPSA) is 102 Å². The molecule has 4 aromatic carbocycles. The van der Waals surface area contributed by atoms with Gasteiger partial charge >= 0.3 is 0 Å². The molecule has 1 aliphatic heterocycles. The van der Waals surface area contributed by atoms with Crippen LogP contribution in [-0.4, -0.2) is 57.3 Å². The fraction of sp³-hybridized carbons (Fsp3) is 0.275. The van der Waals surface area contributed by atoms with Crippen molar-refractivity contribution in [2.75, 3.05) is 13.1 Å². The number of nitrogens with zero attached hydrogens (tertiary/aromatic N) is 5. The third kappa shape index (κ3) is 6.99. The molecule has 0 bridgehead atoms. The molecule has 1 fully saturated rings. The lowest BCUT2D eigenvalue weighted by atomic mass is 10.1. The summed E-state index contributed by atoms with van der Waals surface area (Å²) < 4.78 is 31.9. The van der Waals surface area contributed by atoms with Crippen LogP contribution in [0, 0.1) is 6.92 Å². The molecule has 3 heterocycles. The molecule has 7 rings (SSSR count). The zero-order valence-corrected chi connectivity index (χ0v) is 29.3. The van der Waals surface area contributed by atoms with Gasteiger partial charge in [0.05, 0.1) is 28.9 Å². The van der Waals surface area contributed by atoms with Crippen LogP contribution in [0.3, 0.4) is 0 Å². The number of sulfonamides is 1. The number of carbonyl (C=O) groups is 1. The first kappa shape index (κ1) is 33.4. The molecular formula is C40H42N6O3S. The van der Waals surface area contributed by atoms with E-state index in [1.54, 1.807) is 21.1 Å². The summed E-state index contributed by atoms with van der Waals surface area (Å²) in [4.78, 5) is 13.8. The van der Waals surface area contributed by atoms with Crippen LogP contribution in [0.4, 0.5) is 0 Å². The summed E-state index contributed by atoms with van der Waals surface area (Å²) in [6, 6.07) is 33.7. The molecule has 1 saturated heterocycles. The molecule has 2 aromatic heterocycles. The van der Waals surface area contributed by atoms with Gasteiger partial charge in [-0.05, 0) is 92.6 Å². The molecule has 6 aromatic rings. The first-order valence-corrected chi connectivity index (χ1v) is 18.8. The van der Waals surface area contributed by atoms with E-state index in [4.69, 9.17) is 0 Å². The summed E-state index contributed by atoms with van der Waals surface area (Å²) in [6.45, 7) is 5.55. The van der Waals surface area contributed by atoms with Gasteiger partial charge in [0.2, 0.25) is 10.0 Å². The summed E-state index contributed by atoms with van der Waals surface area (Å²) in [5.74, 6) is -0.183. The van der Waals surface area contributed by atoms with Crippen LogP contribution in [0.2, 0.25) is 0 Å². The number of carbonyl (C=O) groups excluding carboxylic acids is 1. The number of aromatic nitrogens is 4. The quantitative estimate of drug-likeness (QED) is 0.146. The van der Waals surface area contributed by atoms with E-state index in [0.29, 0.717) is 48.6 Å². The minimum absolute atomic E-state index is 0.0244. The third-order valence-corrected chi connectivity index (χ3v) is 11.6. The van der Waals surface area contributed by atoms with Crippen molar-refractivity contribution in [1.29, 1.82) is 0 Å². The Morgan fingerprint density at radius 3 is 2.50 bits per heavy atom. The number of aryl methyl sites for hydroxylation is 2. The van der Waals surface area contributed by atoms with Crippen molar-refractivity contribution in [3.05, 3.63) is 132 Å². The highest BCUT2D eigenvalue weighted by Crippen LogP contribution is 2.29. The van der Waals surface area contributed by atoms with Crippen LogP contribution < -0.4 is 5.32 Å². The molecule has 1 unspecified atom stereocenters. The lowest BCUT2D eigenvalue weighted by Gasteiger charge is -2.32. The highest BCUT2D eigenvalue weighted by Gasteiger charge is 2.30. The first-order chi connectivity index (χ1) is 24.3. The van der Waals surface area contributed by atoms with Crippen molar-refractivity contribution in [2.45, 2.75) is 63.4 Å². The minimum atomic E-state index is -3.50. The van der Waals surface area contributed by atoms with E-state index < -0.39 is 10.0 Å². The molecule has 0 saturated carbocycles. The number of hydrogen-bond acceptors (Lipinski definition) is 5. The van der Waals surface area contributed by atoms with Crippen LogP contribution in [0.5, 0.6) is 0 Å². The van der Waals surface area contributed by atoms with Crippen LogP contribution >= 0.6 is 0 Å². The van der Waals surface area contributed by atoms with Crippen LogP contribution in [0.15, 0.2) is 114 Å². The smallest absolute Gasteiger partial charge is 0.253 e. The van der Waals surface area contributed by atoms with E-state index in [9.17, 15) is 13.2 Å². The summed E-state index contributed by atoms with van der Waals surface area (Å²) in [5.41, 5.74) is 7.35. The van der Waals surface area contributed by atoms with Crippen molar-refractivity contribution in [2.24, 2.45) is 0 Å². The Balaban J connectivity index is 1.01. The van der Waals surface area contributed by atoms with Crippen LogP contribution in [0.1, 0.15) is 59.8 Å². The van der Waals surface area contributed by atoms with Gasteiger partial charge in [-0.15, -0.1) is 5.10 Å². The Kier molecular flexibility index (Phi) is 9.65. The maximum absolute atomic E-state index is 13.5. The van der Waals surface area contributed by atoms with Gasteiger partial charge in [0.25, 0.3) is 5.91 Å². The van der Waals surface area contributed by atoms with Crippen molar-refractivity contribution >= 4 is 26.8 Å². The summed E-state index contributed by atoms with van der Waals surface area (Å²) >= 11 is 0. The molecule has 0 aliphatic carbocycles. The Hall–Kier alpha value is -5.06. The standard InChI is InChI=1S/C40H42N6O3S/c1-29-17-22-36(40(47)41-23-10-12-31-18-20-35(21-19-31)50(48,49)46-24-9-8-11-30(46)2)39(25-29)45-28-34(42-43-45)27-44-37-16-7-6-15-33(37)26-38(44)32-13-4-3-5-14-32/h3-7,13-22,25-26,28,30H,8-12,23-24,27H2,1-2H3,(H,41,47). The van der Waals surface area contributed by atoms with Crippen molar-refractivity contribution in [1.82, 2.24) is 29.2 Å². The minimum Gasteiger partial charge on any atom is -0.352 e. The fourth-order valence-corrected chi connectivity index (χ4v) is 8.58. The second kappa shape index (κ2) is 14.4. The highest BCUT2D eigenvalue weighted by atomic mass is 32.2. The molecule has 1 aliphatic rings. The van der Waals surface area contributed by atoms with Crippen LogP contribution in [0.25, 0.3) is 27.8 Å². The number of benzene rings is 4. The number of amides is 1. The Bertz CT molecular complexity index is 2220. The second-order valence-electron chi connectivity index (χ2n) is 13.2. The maximum Gasteiger partial charge on any atom is 0.253 e. The van der Waals surface area contributed by atoms with E-state index in [1.165, 1.54) is 0 Å². The number of nitrogens with one attached hydrogen (secondary N) is 1. The molecular weight excluding hydrogens is 645 g/mol. The average molecular weight is 687 g/mol. The molecule has 1 N–H and O–H groups in total. The summed E-state index contributed by atoms with van der Waals surface area (Å²) in [5, 5.41) is 13.2. The lowest BCUT2D eigenvalue weighted by Crippen LogP contribution is -2.41. The Morgan fingerprint density at radius 2 is 1.70 bits per heavy atom. The number of piperidine rings is 1. The van der Waals surface area contributed by atoms with Gasteiger partial charge in [0.15, 0.2) is 0 Å². The molecule has 10 heteroatoms. The largest absolute Gasteiger partial charge is 0.352 e. The average Bonchev–Trinajstić information content (AvgIpc) is 3.76. The predicted octanol–water partition coefficient (Wildman–Crippen LogP) is 7.17. The van der Waals surface area contributed by atoms with E-state index in [0.717, 1.165) is 58.2 Å². The van der Waals surface area contributed by atoms with Gasteiger partial charge in [-0.3, -0.25) is 4.79 Å². The molecule has 256 valence electrons. The normalized spacial score (nSPS) is 15.4. The van der Waals surface area contributed by atoms with Gasteiger partial charge in [-0.25, -0.2) is 13.1 Å². The van der Waals surface area contributed by atoms with E-state index in [2.05, 4.69) is 50.5 Å². The molecule has 1 amide bonds. The molecule has 9 nitrogen and oxygen atoms in total. The van der Waals surface area contributed by atoms with Gasteiger partial charge in [-0.1, -0.05) is 78.4 Å². The number of hydrogen-bond donors (Lipinski definition) is 1. The maximum atomic E-state index is 13.5. The Labute approximate surface area is 293 Å². The fourth-order valence-electron chi connectivity index (χ4n) is 6.88. The third-order valence-electron chi connectivity index (χ3n) is 9.59. The van der Waals surface area contributed by atoms with Crippen molar-refractivity contribution in [3.63, 3.8) is 0 Å². The number of fused-ring (bicyclic) bond motifs is 1. The number of rotatable bonds is 11. The van der Waals surface area contributed by atoms with Crippen molar-refractivity contribution < 1.29 is 13.2 Å². The molecule has 1 atom stereocenters. The monoisotopic (exact) mass is 686 g/mol. The van der Waals surface area contributed by atoms with Gasteiger partial charge < -0.3 is 9.88 Å². The Morgan fingerprint density at radius 1 is 0.920 bits per heavy atom. The predicted molar refractivity (Wildman–Crippen MR) is 197 cm³/mol. The van der Waals surface area contributed by atoms with Gasteiger partial charge in [0.1, 0.15) is 5.69 Å². The molecule has 50 heavy (non-hydrogen) atoms. The highest BCUT2D eigenvalue weighted by molar-refractivity contribution is 7.89. The summed E-state index contributed by atoms with van der Waals surface area (Å²) in [6.07, 6.45) is 6.19. The van der Waals surface area contributed by atoms with E-state index in [-0.39, 0.29) is 11.9 Å². The molecule has 0 spiro atoms. The van der Waals surface area contributed by atoms with E-state index in [1.807, 2.05) is 80.7 Å². The number of para-hydroxylation sites is 1. The van der Waals surface area contributed by atoms with Crippen LogP contribution in [-0.2, 0) is 23.0 Å². The van der Waals surface area contributed by atoms with E-state index >= 15 is 0 Å². The van der Waals surface area contributed by atoms with Crippen molar-refractivity contribution in [3.8, 4) is 16.9 Å². The van der Waals surface area contributed by atoms with Gasteiger partial charge in [0, 0.05) is 35.7 Å². The molecule has 0 radical (unpaired) electrons.